The van der Waals surface area contributed by atoms with Gasteiger partial charge in [0, 0.05) is 12.6 Å². The number of anilines is 1. The van der Waals surface area contributed by atoms with Gasteiger partial charge in [0.2, 0.25) is 5.88 Å². The Labute approximate surface area is 151 Å². The maximum atomic E-state index is 13.7. The van der Waals surface area contributed by atoms with E-state index in [1.165, 1.54) is 23.7 Å². The highest BCUT2D eigenvalue weighted by molar-refractivity contribution is 5.78. The second-order valence-electron chi connectivity index (χ2n) is 6.33. The van der Waals surface area contributed by atoms with Crippen molar-refractivity contribution in [3.63, 3.8) is 0 Å². The van der Waals surface area contributed by atoms with Crippen molar-refractivity contribution in [3.05, 3.63) is 60.0 Å². The summed E-state index contributed by atoms with van der Waals surface area (Å²) in [6.07, 6.45) is 0. The van der Waals surface area contributed by atoms with Gasteiger partial charge in [-0.1, -0.05) is 32.0 Å². The number of hydrogen-bond donors (Lipinski definition) is 1. The predicted octanol–water partition coefficient (Wildman–Crippen LogP) is 4.31. The Hall–Kier alpha value is -3.15. The van der Waals surface area contributed by atoms with Crippen LogP contribution in [0.3, 0.4) is 0 Å². The molecule has 3 rings (SSSR count). The lowest BCUT2D eigenvalue weighted by Crippen LogP contribution is -2.08. The molecular formula is C20H20FN3O2. The smallest absolute Gasteiger partial charge is 0.309 e. The van der Waals surface area contributed by atoms with Crippen LogP contribution in [-0.2, 0) is 4.79 Å². The summed E-state index contributed by atoms with van der Waals surface area (Å²) in [6, 6.07) is 13.2. The predicted molar refractivity (Wildman–Crippen MR) is 98.8 cm³/mol. The molecule has 0 aliphatic carbocycles. The Kier molecular flexibility index (Phi) is 4.75. The summed E-state index contributed by atoms with van der Waals surface area (Å²) >= 11 is 0. The summed E-state index contributed by atoms with van der Waals surface area (Å²) in [6.45, 7) is 5.32. The molecule has 0 unspecified atom stereocenters. The first-order valence-corrected chi connectivity index (χ1v) is 8.30. The zero-order chi connectivity index (χ0) is 18.8. The number of nitrogen functional groups attached to an aromatic ring is 1. The van der Waals surface area contributed by atoms with Gasteiger partial charge < -0.3 is 10.5 Å². The summed E-state index contributed by atoms with van der Waals surface area (Å²) in [5.41, 5.74) is 9.15. The van der Waals surface area contributed by atoms with Crippen LogP contribution < -0.4 is 10.5 Å². The Morgan fingerprint density at radius 2 is 1.88 bits per heavy atom. The fourth-order valence-corrected chi connectivity index (χ4v) is 2.76. The van der Waals surface area contributed by atoms with Crippen LogP contribution in [0.5, 0.6) is 5.88 Å². The van der Waals surface area contributed by atoms with Gasteiger partial charge in [-0.15, -0.1) is 0 Å². The van der Waals surface area contributed by atoms with Crippen molar-refractivity contribution in [1.82, 2.24) is 9.78 Å². The summed E-state index contributed by atoms with van der Waals surface area (Å²) in [4.78, 5) is 11.7. The number of aromatic nitrogens is 2. The fourth-order valence-electron chi connectivity index (χ4n) is 2.76. The second-order valence-corrected chi connectivity index (χ2v) is 6.33. The van der Waals surface area contributed by atoms with Gasteiger partial charge in [-0.25, -0.2) is 4.39 Å². The minimum Gasteiger partial charge on any atom is -0.407 e. The number of esters is 1. The first-order valence-electron chi connectivity index (χ1n) is 8.30. The van der Waals surface area contributed by atoms with E-state index in [2.05, 4.69) is 5.10 Å². The molecule has 134 valence electrons. The van der Waals surface area contributed by atoms with Crippen LogP contribution in [0.1, 0.15) is 32.4 Å². The van der Waals surface area contributed by atoms with Crippen LogP contribution in [0.25, 0.3) is 16.8 Å². The molecule has 6 heteroatoms. The maximum Gasteiger partial charge on any atom is 0.309 e. The maximum absolute atomic E-state index is 13.7. The largest absolute Gasteiger partial charge is 0.407 e. The van der Waals surface area contributed by atoms with Gasteiger partial charge in [-0.3, -0.25) is 4.79 Å². The molecule has 0 aliphatic heterocycles. The third-order valence-corrected chi connectivity index (χ3v) is 3.91. The number of carbonyl (C=O) groups excluding carboxylic acids is 1. The molecule has 0 atom stereocenters. The van der Waals surface area contributed by atoms with Crippen LogP contribution in [0, 0.1) is 5.82 Å². The van der Waals surface area contributed by atoms with E-state index in [1.807, 2.05) is 26.0 Å². The highest BCUT2D eigenvalue weighted by atomic mass is 19.1. The van der Waals surface area contributed by atoms with E-state index in [1.54, 1.807) is 24.3 Å². The molecule has 0 saturated carbocycles. The van der Waals surface area contributed by atoms with Gasteiger partial charge >= 0.3 is 5.97 Å². The number of ether oxygens (including phenoxy) is 1. The number of nitrogens with two attached hydrogens (primary N) is 1. The molecule has 0 aliphatic rings. The number of carbonyl (C=O) groups is 1. The topological polar surface area (TPSA) is 70.1 Å². The monoisotopic (exact) mass is 353 g/mol. The average molecular weight is 353 g/mol. The minimum atomic E-state index is -0.477. The highest BCUT2D eigenvalue weighted by Gasteiger charge is 2.25. The lowest BCUT2D eigenvalue weighted by atomic mass is 9.99. The molecule has 0 amide bonds. The number of benzene rings is 2. The Bertz CT molecular complexity index is 946. The number of rotatable bonds is 4. The minimum absolute atomic E-state index is 0.0617. The van der Waals surface area contributed by atoms with Crippen molar-refractivity contribution in [2.24, 2.45) is 0 Å². The number of hydrogen-bond acceptors (Lipinski definition) is 4. The van der Waals surface area contributed by atoms with Crippen molar-refractivity contribution in [3.8, 4) is 22.7 Å². The molecule has 0 spiro atoms. The first-order chi connectivity index (χ1) is 12.4. The van der Waals surface area contributed by atoms with Gasteiger partial charge in [0.05, 0.1) is 16.9 Å². The molecule has 3 aromatic rings. The van der Waals surface area contributed by atoms with Crippen molar-refractivity contribution in [2.45, 2.75) is 26.7 Å². The van der Waals surface area contributed by atoms with E-state index in [0.29, 0.717) is 16.9 Å². The first kappa shape index (κ1) is 17.7. The molecule has 0 saturated heterocycles. The van der Waals surface area contributed by atoms with Crippen LogP contribution in [0.4, 0.5) is 10.1 Å². The summed E-state index contributed by atoms with van der Waals surface area (Å²) in [7, 11) is 0. The van der Waals surface area contributed by atoms with E-state index < -0.39 is 11.8 Å². The Balaban J connectivity index is 2.30. The third-order valence-electron chi connectivity index (χ3n) is 3.91. The lowest BCUT2D eigenvalue weighted by molar-refractivity contribution is -0.132. The standard InChI is InChI=1S/C20H20FN3O2/c1-12(2)19-18(14-7-9-16(22)10-8-14)20(26-13(3)25)24(23-19)17-6-4-5-15(21)11-17/h4-12H,22H2,1-3H3. The van der Waals surface area contributed by atoms with Crippen molar-refractivity contribution >= 4 is 11.7 Å². The van der Waals surface area contributed by atoms with Gasteiger partial charge in [-0.2, -0.15) is 9.78 Å². The summed E-state index contributed by atoms with van der Waals surface area (Å²) < 4.78 is 20.7. The number of nitrogens with zero attached hydrogens (tertiary/aromatic N) is 2. The van der Waals surface area contributed by atoms with Crippen LogP contribution in [-0.4, -0.2) is 15.7 Å². The van der Waals surface area contributed by atoms with E-state index in [-0.39, 0.29) is 11.8 Å². The van der Waals surface area contributed by atoms with E-state index in [9.17, 15) is 9.18 Å². The quantitative estimate of drug-likeness (QED) is 0.560. The van der Waals surface area contributed by atoms with Crippen molar-refractivity contribution < 1.29 is 13.9 Å². The van der Waals surface area contributed by atoms with E-state index in [4.69, 9.17) is 10.5 Å². The molecule has 0 bridgehead atoms. The molecule has 1 aromatic heterocycles. The summed E-state index contributed by atoms with van der Waals surface area (Å²) in [5, 5.41) is 4.61. The van der Waals surface area contributed by atoms with Gasteiger partial charge in [-0.05, 0) is 41.8 Å². The normalized spacial score (nSPS) is 11.0. The molecule has 26 heavy (non-hydrogen) atoms. The van der Waals surface area contributed by atoms with Crippen LogP contribution >= 0.6 is 0 Å². The second kappa shape index (κ2) is 7.00. The average Bonchev–Trinajstić information content (AvgIpc) is 2.94. The molecule has 0 fully saturated rings. The molecule has 2 N–H and O–H groups in total. The van der Waals surface area contributed by atoms with E-state index >= 15 is 0 Å². The molecule has 1 heterocycles. The Morgan fingerprint density at radius 1 is 1.19 bits per heavy atom. The van der Waals surface area contributed by atoms with Gasteiger partial charge in [0.1, 0.15) is 5.82 Å². The zero-order valence-corrected chi connectivity index (χ0v) is 14.9. The SMILES string of the molecule is CC(=O)Oc1c(-c2ccc(N)cc2)c(C(C)C)nn1-c1cccc(F)c1. The fraction of sp³-hybridized carbons (Fsp3) is 0.200. The van der Waals surface area contributed by atoms with Crippen molar-refractivity contribution in [1.29, 1.82) is 0 Å². The van der Waals surface area contributed by atoms with Gasteiger partial charge in [0.15, 0.2) is 0 Å². The highest BCUT2D eigenvalue weighted by Crippen LogP contribution is 2.39. The molecule has 0 radical (unpaired) electrons. The van der Waals surface area contributed by atoms with Gasteiger partial charge in [0.25, 0.3) is 0 Å². The summed E-state index contributed by atoms with van der Waals surface area (Å²) in [5.74, 6) is -0.551. The zero-order valence-electron chi connectivity index (χ0n) is 14.9. The van der Waals surface area contributed by atoms with Crippen LogP contribution in [0.15, 0.2) is 48.5 Å². The number of halogens is 1. The molecular weight excluding hydrogens is 333 g/mol. The molecule has 2 aromatic carbocycles. The van der Waals surface area contributed by atoms with Crippen LogP contribution in [0.2, 0.25) is 0 Å². The molecule has 5 nitrogen and oxygen atoms in total. The Morgan fingerprint density at radius 3 is 2.46 bits per heavy atom. The van der Waals surface area contributed by atoms with Crippen molar-refractivity contribution in [2.75, 3.05) is 5.73 Å². The third kappa shape index (κ3) is 3.44. The lowest BCUT2D eigenvalue weighted by Gasteiger charge is -2.10. The van der Waals surface area contributed by atoms with E-state index in [0.717, 1.165) is 11.3 Å².